The first-order valence-electron chi connectivity index (χ1n) is 10.7. The van der Waals surface area contributed by atoms with Gasteiger partial charge in [0.15, 0.2) is 17.5 Å². The number of nitrogens with one attached hydrogen (secondary N) is 2. The van der Waals surface area contributed by atoms with Gasteiger partial charge in [0.1, 0.15) is 0 Å². The van der Waals surface area contributed by atoms with Crippen molar-refractivity contribution in [1.29, 1.82) is 0 Å². The highest BCUT2D eigenvalue weighted by Gasteiger charge is 2.22. The molecule has 2 atom stereocenters. The molecule has 1 aromatic rings. The summed E-state index contributed by atoms with van der Waals surface area (Å²) in [6, 6.07) is 5.12. The van der Waals surface area contributed by atoms with E-state index in [2.05, 4.69) is 27.4 Å². The van der Waals surface area contributed by atoms with Gasteiger partial charge in [-0.25, -0.2) is 4.39 Å². The Morgan fingerprint density at radius 3 is 2.67 bits per heavy atom. The van der Waals surface area contributed by atoms with Crippen LogP contribution < -0.4 is 15.4 Å². The van der Waals surface area contributed by atoms with Crippen LogP contribution in [0.4, 0.5) is 4.39 Å². The molecule has 1 aliphatic heterocycles. The van der Waals surface area contributed by atoms with Crippen molar-refractivity contribution in [2.24, 2.45) is 16.8 Å². The van der Waals surface area contributed by atoms with Crippen molar-refractivity contribution >= 4 is 29.9 Å². The number of hydrogen-bond acceptors (Lipinski definition) is 4. The van der Waals surface area contributed by atoms with E-state index in [9.17, 15) is 4.39 Å². The van der Waals surface area contributed by atoms with Gasteiger partial charge in [0.25, 0.3) is 0 Å². The average molecular weight is 534 g/mol. The fourth-order valence-corrected chi connectivity index (χ4v) is 3.44. The second-order valence-corrected chi connectivity index (χ2v) is 8.28. The van der Waals surface area contributed by atoms with E-state index in [1.807, 2.05) is 13.0 Å². The number of aliphatic imine (C=N–C) groups is 1. The quantitative estimate of drug-likeness (QED) is 0.289. The maximum Gasteiger partial charge on any atom is 0.191 e. The molecular formula is C22H36FIN4O2. The molecule has 0 bridgehead atoms. The lowest BCUT2D eigenvalue weighted by molar-refractivity contribution is 0.0320. The average Bonchev–Trinajstić information content (AvgIpc) is 3.55. The summed E-state index contributed by atoms with van der Waals surface area (Å²) in [4.78, 5) is 6.75. The van der Waals surface area contributed by atoms with Crippen molar-refractivity contribution in [3.05, 3.63) is 29.6 Å². The summed E-state index contributed by atoms with van der Waals surface area (Å²) >= 11 is 0. The Bertz CT molecular complexity index is 681. The van der Waals surface area contributed by atoms with Crippen molar-refractivity contribution in [1.82, 2.24) is 15.5 Å². The van der Waals surface area contributed by atoms with Crippen LogP contribution in [0.15, 0.2) is 23.2 Å². The fourth-order valence-electron chi connectivity index (χ4n) is 3.44. The van der Waals surface area contributed by atoms with Crippen LogP contribution in [0.5, 0.6) is 5.75 Å². The molecule has 1 saturated carbocycles. The number of nitrogens with zero attached hydrogens (tertiary/aromatic N) is 2. The van der Waals surface area contributed by atoms with Gasteiger partial charge in [-0.15, -0.1) is 24.0 Å². The first kappa shape index (κ1) is 25.1. The van der Waals surface area contributed by atoms with E-state index in [0.29, 0.717) is 24.2 Å². The van der Waals surface area contributed by atoms with Gasteiger partial charge in [-0.3, -0.25) is 9.89 Å². The van der Waals surface area contributed by atoms with Gasteiger partial charge in [0, 0.05) is 33.2 Å². The first-order chi connectivity index (χ1) is 14.0. The smallest absolute Gasteiger partial charge is 0.191 e. The zero-order chi connectivity index (χ0) is 20.6. The number of rotatable bonds is 9. The topological polar surface area (TPSA) is 58.1 Å². The molecular weight excluding hydrogens is 498 g/mol. The molecule has 0 radical (unpaired) electrons. The van der Waals surface area contributed by atoms with E-state index >= 15 is 0 Å². The Labute approximate surface area is 197 Å². The molecule has 1 heterocycles. The van der Waals surface area contributed by atoms with Gasteiger partial charge in [0.05, 0.1) is 25.9 Å². The molecule has 1 aliphatic carbocycles. The molecule has 2 fully saturated rings. The zero-order valence-corrected chi connectivity index (χ0v) is 20.7. The highest BCUT2D eigenvalue weighted by atomic mass is 127. The molecule has 0 spiro atoms. The monoisotopic (exact) mass is 534 g/mol. The summed E-state index contributed by atoms with van der Waals surface area (Å²) in [5.41, 5.74) is 0.866. The van der Waals surface area contributed by atoms with Crippen molar-refractivity contribution in [3.8, 4) is 5.75 Å². The molecule has 2 unspecified atom stereocenters. The second kappa shape index (κ2) is 12.7. The molecule has 2 N–H and O–H groups in total. The number of benzene rings is 1. The van der Waals surface area contributed by atoms with Crippen LogP contribution >= 0.6 is 24.0 Å². The van der Waals surface area contributed by atoms with Crippen molar-refractivity contribution in [2.75, 3.05) is 53.0 Å². The SMILES string of the molecule is CN=C(NCC(C)CN1CCOCC1)NC(C)c1ccc(OCC2CC2)c(F)c1.I. The molecule has 6 nitrogen and oxygen atoms in total. The van der Waals surface area contributed by atoms with Crippen LogP contribution in [0.3, 0.4) is 0 Å². The lowest BCUT2D eigenvalue weighted by Gasteiger charge is -2.29. The third kappa shape index (κ3) is 8.19. The lowest BCUT2D eigenvalue weighted by Crippen LogP contribution is -2.44. The molecule has 2 aliphatic rings. The molecule has 170 valence electrons. The molecule has 8 heteroatoms. The summed E-state index contributed by atoms with van der Waals surface area (Å²) in [7, 11) is 1.75. The molecule has 1 saturated heterocycles. The highest BCUT2D eigenvalue weighted by Crippen LogP contribution is 2.30. The summed E-state index contributed by atoms with van der Waals surface area (Å²) in [6.07, 6.45) is 2.38. The number of hydrogen-bond donors (Lipinski definition) is 2. The molecule has 30 heavy (non-hydrogen) atoms. The third-order valence-corrected chi connectivity index (χ3v) is 5.50. The highest BCUT2D eigenvalue weighted by molar-refractivity contribution is 14.0. The normalized spacial score (nSPS) is 19.5. The van der Waals surface area contributed by atoms with Crippen molar-refractivity contribution in [2.45, 2.75) is 32.7 Å². The van der Waals surface area contributed by atoms with Crippen LogP contribution in [-0.4, -0.2) is 63.9 Å². The largest absolute Gasteiger partial charge is 0.490 e. The second-order valence-electron chi connectivity index (χ2n) is 8.28. The first-order valence-corrected chi connectivity index (χ1v) is 10.7. The third-order valence-electron chi connectivity index (χ3n) is 5.50. The van der Waals surface area contributed by atoms with Gasteiger partial charge in [0.2, 0.25) is 0 Å². The Morgan fingerprint density at radius 2 is 2.03 bits per heavy atom. The number of morpholine rings is 1. The number of guanidine groups is 1. The van der Waals surface area contributed by atoms with Crippen molar-refractivity contribution in [3.63, 3.8) is 0 Å². The Hall–Kier alpha value is -1.13. The maximum absolute atomic E-state index is 14.4. The van der Waals surface area contributed by atoms with Crippen LogP contribution in [0.1, 0.15) is 38.3 Å². The summed E-state index contributed by atoms with van der Waals surface area (Å²) in [5.74, 6) is 1.85. The van der Waals surface area contributed by atoms with Crippen LogP contribution in [0.2, 0.25) is 0 Å². The fraction of sp³-hybridized carbons (Fsp3) is 0.682. The lowest BCUT2D eigenvalue weighted by atomic mass is 10.1. The van der Waals surface area contributed by atoms with Crippen molar-refractivity contribution < 1.29 is 13.9 Å². The summed E-state index contributed by atoms with van der Waals surface area (Å²) in [6.45, 7) is 10.4. The molecule has 0 amide bonds. The van der Waals surface area contributed by atoms with E-state index in [1.165, 1.54) is 12.8 Å². The Kier molecular flexibility index (Phi) is 10.6. The van der Waals surface area contributed by atoms with E-state index in [4.69, 9.17) is 9.47 Å². The van der Waals surface area contributed by atoms with Gasteiger partial charge >= 0.3 is 0 Å². The minimum absolute atomic E-state index is 0. The summed E-state index contributed by atoms with van der Waals surface area (Å²) in [5, 5.41) is 6.73. The predicted octanol–water partition coefficient (Wildman–Crippen LogP) is 3.43. The van der Waals surface area contributed by atoms with E-state index < -0.39 is 0 Å². The van der Waals surface area contributed by atoms with Crippen LogP contribution in [-0.2, 0) is 4.74 Å². The number of ether oxygens (including phenoxy) is 2. The van der Waals surface area contributed by atoms with Gasteiger partial charge in [-0.1, -0.05) is 13.0 Å². The molecule has 3 rings (SSSR count). The minimum atomic E-state index is -0.307. The van der Waals surface area contributed by atoms with Gasteiger partial charge in [-0.2, -0.15) is 0 Å². The van der Waals surface area contributed by atoms with E-state index in [0.717, 1.165) is 50.9 Å². The Balaban J connectivity index is 0.00000320. The zero-order valence-electron chi connectivity index (χ0n) is 18.3. The standard InChI is InChI=1S/C22H35FN4O2.HI/c1-16(14-27-8-10-28-11-9-27)13-25-22(24-3)26-17(2)19-6-7-21(20(23)12-19)29-15-18-4-5-18;/h6-7,12,16-18H,4-5,8-11,13-15H2,1-3H3,(H2,24,25,26);1H. The van der Waals surface area contributed by atoms with Gasteiger partial charge in [-0.05, 0) is 49.3 Å². The van der Waals surface area contributed by atoms with Gasteiger partial charge < -0.3 is 20.1 Å². The minimum Gasteiger partial charge on any atom is -0.490 e. The van der Waals surface area contributed by atoms with E-state index in [-0.39, 0.29) is 35.8 Å². The predicted molar refractivity (Wildman–Crippen MR) is 129 cm³/mol. The summed E-state index contributed by atoms with van der Waals surface area (Å²) < 4.78 is 25.4. The van der Waals surface area contributed by atoms with E-state index in [1.54, 1.807) is 19.2 Å². The molecule has 0 aromatic heterocycles. The Morgan fingerprint density at radius 1 is 1.30 bits per heavy atom. The molecule has 1 aromatic carbocycles. The number of halogens is 2. The van der Waals surface area contributed by atoms with Crippen LogP contribution in [0.25, 0.3) is 0 Å². The maximum atomic E-state index is 14.4. The van der Waals surface area contributed by atoms with Crippen LogP contribution in [0, 0.1) is 17.7 Å².